The summed E-state index contributed by atoms with van der Waals surface area (Å²) in [5.41, 5.74) is 1.44. The van der Waals surface area contributed by atoms with Gasteiger partial charge in [-0.05, 0) is 80.7 Å². The Morgan fingerprint density at radius 1 is 1.24 bits per heavy atom. The lowest BCUT2D eigenvalue weighted by Crippen LogP contribution is -2.78. The van der Waals surface area contributed by atoms with Gasteiger partial charge in [0.15, 0.2) is 11.5 Å². The molecule has 1 aromatic carbocycles. The van der Waals surface area contributed by atoms with Gasteiger partial charge in [0.25, 0.3) is 0 Å². The molecule has 38 heavy (non-hydrogen) atoms. The van der Waals surface area contributed by atoms with E-state index in [2.05, 4.69) is 18.7 Å². The Balaban J connectivity index is 1.30. The first kappa shape index (κ1) is 24.3. The summed E-state index contributed by atoms with van der Waals surface area (Å²) < 4.78 is 11.9. The summed E-state index contributed by atoms with van der Waals surface area (Å²) in [6.45, 7) is 6.80. The van der Waals surface area contributed by atoms with E-state index in [1.165, 1.54) is 18.4 Å². The van der Waals surface area contributed by atoms with E-state index in [1.807, 2.05) is 17.0 Å². The number of carbonyl (C=O) groups is 1. The molecule has 7 rings (SSSR count). The fourth-order valence-electron chi connectivity index (χ4n) is 8.19. The van der Waals surface area contributed by atoms with Gasteiger partial charge >= 0.3 is 0 Å². The smallest absolute Gasteiger partial charge is 0.246 e. The van der Waals surface area contributed by atoms with E-state index in [4.69, 9.17) is 9.15 Å². The minimum Gasteiger partial charge on any atom is -0.504 e. The van der Waals surface area contributed by atoms with Crippen molar-refractivity contribution < 1.29 is 24.2 Å². The molecule has 1 saturated heterocycles. The van der Waals surface area contributed by atoms with E-state index in [0.717, 1.165) is 43.0 Å². The van der Waals surface area contributed by atoms with Crippen molar-refractivity contribution in [1.82, 2.24) is 9.80 Å². The molecule has 2 N–H and O–H groups in total. The lowest BCUT2D eigenvalue weighted by atomic mass is 9.48. The molecule has 202 valence electrons. The van der Waals surface area contributed by atoms with E-state index < -0.39 is 17.1 Å². The zero-order valence-electron chi connectivity index (χ0n) is 22.3. The van der Waals surface area contributed by atoms with Crippen molar-refractivity contribution in [3.63, 3.8) is 0 Å². The molecule has 5 atom stereocenters. The van der Waals surface area contributed by atoms with Gasteiger partial charge in [-0.25, -0.2) is 0 Å². The molecule has 3 fully saturated rings. The SMILES string of the molecule is CC(C)CN(C(=O)/C=C/c1ccoc1)[C@@H]1CC[C@@]2(O)[C@H]3Cc4ccc(O)c5c4[C@@]2(CCN3CC2CC2)[C@H]1O5. The summed E-state index contributed by atoms with van der Waals surface area (Å²) in [6.07, 6.45) is 11.6. The van der Waals surface area contributed by atoms with Gasteiger partial charge in [-0.2, -0.15) is 0 Å². The average Bonchev–Trinajstić information content (AvgIpc) is 3.40. The first-order valence-electron chi connectivity index (χ1n) is 14.3. The third kappa shape index (κ3) is 3.44. The van der Waals surface area contributed by atoms with Crippen molar-refractivity contribution in [2.45, 2.75) is 81.6 Å². The van der Waals surface area contributed by atoms with Gasteiger partial charge in [0, 0.05) is 36.3 Å². The molecule has 1 amide bonds. The monoisotopic (exact) mass is 518 g/mol. The van der Waals surface area contributed by atoms with Crippen LogP contribution in [0.3, 0.4) is 0 Å². The van der Waals surface area contributed by atoms with Gasteiger partial charge in [-0.3, -0.25) is 9.69 Å². The van der Waals surface area contributed by atoms with Gasteiger partial charge in [0.2, 0.25) is 5.91 Å². The molecule has 2 bridgehead atoms. The molecule has 3 aliphatic carbocycles. The van der Waals surface area contributed by atoms with Gasteiger partial charge < -0.3 is 24.3 Å². The Morgan fingerprint density at radius 2 is 2.08 bits per heavy atom. The lowest BCUT2D eigenvalue weighted by molar-refractivity contribution is -0.201. The quantitative estimate of drug-likeness (QED) is 0.537. The Hall–Kier alpha value is -2.77. The first-order valence-corrected chi connectivity index (χ1v) is 14.3. The lowest BCUT2D eigenvalue weighted by Gasteiger charge is -2.65. The molecule has 1 aromatic heterocycles. The van der Waals surface area contributed by atoms with Crippen molar-refractivity contribution in [3.8, 4) is 11.5 Å². The maximum absolute atomic E-state index is 13.7. The van der Waals surface area contributed by atoms with Crippen molar-refractivity contribution in [2.75, 3.05) is 19.6 Å². The number of piperidine rings is 1. The molecule has 2 aliphatic heterocycles. The van der Waals surface area contributed by atoms with Crippen LogP contribution >= 0.6 is 0 Å². The van der Waals surface area contributed by atoms with Crippen LogP contribution in [0, 0.1) is 11.8 Å². The molecular formula is C31H38N2O5. The van der Waals surface area contributed by atoms with Gasteiger partial charge in [0.05, 0.1) is 29.6 Å². The second-order valence-corrected chi connectivity index (χ2v) is 12.7. The maximum Gasteiger partial charge on any atom is 0.246 e. The Morgan fingerprint density at radius 3 is 2.82 bits per heavy atom. The third-order valence-electron chi connectivity index (χ3n) is 9.94. The predicted molar refractivity (Wildman–Crippen MR) is 143 cm³/mol. The highest BCUT2D eigenvalue weighted by molar-refractivity contribution is 5.92. The van der Waals surface area contributed by atoms with Gasteiger partial charge in [0.1, 0.15) is 6.10 Å². The van der Waals surface area contributed by atoms with Crippen LogP contribution < -0.4 is 4.74 Å². The maximum atomic E-state index is 13.7. The fraction of sp³-hybridized carbons (Fsp3) is 0.581. The number of aliphatic hydroxyl groups is 1. The van der Waals surface area contributed by atoms with Crippen LogP contribution in [0.2, 0.25) is 0 Å². The molecule has 3 heterocycles. The standard InChI is InChI=1S/C31H38N2O5/c1-19(2)16-33(26(35)8-5-21-10-14-37-18-21)23-9-11-31(36)25-15-22-6-7-24(34)28-27(22)30(31,29(23)38-28)12-13-32(25)17-20-3-4-20/h5-8,10,14,18-20,23,25,29,34,36H,3-4,9,11-13,15-17H2,1-2H3/b8-5+/t23-,25-,29+,30+,31-/m1/s1. The average molecular weight is 519 g/mol. The summed E-state index contributed by atoms with van der Waals surface area (Å²) in [5, 5.41) is 23.6. The van der Waals surface area contributed by atoms with Crippen molar-refractivity contribution in [1.29, 1.82) is 0 Å². The number of ether oxygens (including phenoxy) is 1. The van der Waals surface area contributed by atoms with E-state index in [-0.39, 0.29) is 29.7 Å². The van der Waals surface area contributed by atoms with Gasteiger partial charge in [-0.15, -0.1) is 0 Å². The molecular weight excluding hydrogens is 480 g/mol. The second kappa shape index (κ2) is 8.62. The highest BCUT2D eigenvalue weighted by atomic mass is 16.5. The normalized spacial score (nSPS) is 33.4. The number of carbonyl (C=O) groups excluding carboxylic acids is 1. The summed E-state index contributed by atoms with van der Waals surface area (Å²) in [6, 6.07) is 5.43. The molecule has 2 aromatic rings. The van der Waals surface area contributed by atoms with Crippen molar-refractivity contribution in [2.24, 2.45) is 11.8 Å². The Kier molecular flexibility index (Phi) is 5.51. The number of aromatic hydroxyl groups is 1. The topological polar surface area (TPSA) is 86.4 Å². The number of likely N-dealkylation sites (tertiary alicyclic amines) is 1. The minimum absolute atomic E-state index is 0.0297. The van der Waals surface area contributed by atoms with Crippen molar-refractivity contribution in [3.05, 3.63) is 53.5 Å². The zero-order valence-corrected chi connectivity index (χ0v) is 22.3. The predicted octanol–water partition coefficient (Wildman–Crippen LogP) is 4.12. The second-order valence-electron chi connectivity index (χ2n) is 12.7. The van der Waals surface area contributed by atoms with Crippen LogP contribution in [-0.2, 0) is 16.6 Å². The molecule has 2 saturated carbocycles. The van der Waals surface area contributed by atoms with Crippen LogP contribution in [0.5, 0.6) is 11.5 Å². The van der Waals surface area contributed by atoms with Crippen LogP contribution in [-0.4, -0.2) is 69.3 Å². The number of phenolic OH excluding ortho intramolecular Hbond substituents is 1. The number of phenols is 1. The van der Waals surface area contributed by atoms with Crippen LogP contribution in [0.25, 0.3) is 6.08 Å². The van der Waals surface area contributed by atoms with Crippen LogP contribution in [0.1, 0.15) is 62.6 Å². The highest BCUT2D eigenvalue weighted by Gasteiger charge is 2.73. The molecule has 1 spiro atoms. The molecule has 7 nitrogen and oxygen atoms in total. The summed E-state index contributed by atoms with van der Waals surface area (Å²) >= 11 is 0. The number of nitrogens with zero attached hydrogens (tertiary/aromatic N) is 2. The Labute approximate surface area is 224 Å². The summed E-state index contributed by atoms with van der Waals surface area (Å²) in [7, 11) is 0. The van der Waals surface area contributed by atoms with E-state index in [0.29, 0.717) is 25.1 Å². The third-order valence-corrected chi connectivity index (χ3v) is 9.94. The number of rotatable bonds is 7. The van der Waals surface area contributed by atoms with E-state index in [9.17, 15) is 15.0 Å². The highest BCUT2D eigenvalue weighted by Crippen LogP contribution is 2.66. The van der Waals surface area contributed by atoms with Crippen LogP contribution in [0.4, 0.5) is 0 Å². The number of amides is 1. The van der Waals surface area contributed by atoms with E-state index >= 15 is 0 Å². The minimum atomic E-state index is -0.952. The van der Waals surface area contributed by atoms with Crippen molar-refractivity contribution >= 4 is 12.0 Å². The van der Waals surface area contributed by atoms with Gasteiger partial charge in [-0.1, -0.05) is 19.9 Å². The summed E-state index contributed by atoms with van der Waals surface area (Å²) in [5.74, 6) is 1.62. The number of benzene rings is 1. The molecule has 7 heteroatoms. The van der Waals surface area contributed by atoms with Crippen LogP contribution in [0.15, 0.2) is 41.2 Å². The fourth-order valence-corrected chi connectivity index (χ4v) is 8.19. The molecule has 0 radical (unpaired) electrons. The summed E-state index contributed by atoms with van der Waals surface area (Å²) in [4.78, 5) is 18.2. The molecule has 5 aliphatic rings. The molecule has 0 unspecified atom stereocenters. The first-order chi connectivity index (χ1) is 18.3. The number of hydrogen-bond acceptors (Lipinski definition) is 6. The zero-order chi connectivity index (χ0) is 26.2. The number of hydrogen-bond donors (Lipinski definition) is 2. The Bertz CT molecular complexity index is 1270. The van der Waals surface area contributed by atoms with E-state index in [1.54, 1.807) is 30.7 Å². The largest absolute Gasteiger partial charge is 0.504 e. The number of furan rings is 1.